The molecule has 0 N–H and O–H groups in total. The molecule has 3 aliphatic rings. The highest BCUT2D eigenvalue weighted by Crippen LogP contribution is 2.42. The number of rotatable bonds is 3. The molecule has 0 radical (unpaired) electrons. The van der Waals surface area contributed by atoms with Gasteiger partial charge in [-0.15, -0.1) is 9.89 Å². The molecule has 4 heterocycles. The molecule has 0 bridgehead atoms. The Hall–Kier alpha value is -3.48. The van der Waals surface area contributed by atoms with Crippen LogP contribution in [0.5, 0.6) is 5.75 Å². The van der Waals surface area contributed by atoms with E-state index < -0.39 is 0 Å². The molecule has 2 aromatic carbocycles. The zero-order chi connectivity index (χ0) is 25.2. The zero-order valence-electron chi connectivity index (χ0n) is 22.1. The molecule has 6 rings (SSSR count). The molecule has 0 aliphatic carbocycles. The second-order valence-electron chi connectivity index (χ2n) is 11.2. The molecule has 0 fully saturated rings. The fraction of sp³-hybridized carbons (Fsp3) is 0.448. The predicted octanol–water partition coefficient (Wildman–Crippen LogP) is 5.65. The maximum Gasteiger partial charge on any atom is 0.204 e. The van der Waals surface area contributed by atoms with Crippen molar-refractivity contribution in [1.29, 1.82) is 0 Å². The van der Waals surface area contributed by atoms with Gasteiger partial charge in [0.05, 0.1) is 24.1 Å². The number of hydrogen-bond acceptors (Lipinski definition) is 6. The van der Waals surface area contributed by atoms with Gasteiger partial charge in [0.2, 0.25) is 5.82 Å². The number of anilines is 1. The van der Waals surface area contributed by atoms with Crippen LogP contribution in [0.15, 0.2) is 34.4 Å². The number of aryl methyl sites for hydroxylation is 2. The molecule has 0 saturated heterocycles. The molecule has 186 valence electrons. The first-order valence-electron chi connectivity index (χ1n) is 13.0. The summed E-state index contributed by atoms with van der Waals surface area (Å²) in [5.74, 6) is 2.03. The number of methoxy groups -OCH3 is 1. The summed E-state index contributed by atoms with van der Waals surface area (Å²) >= 11 is 0. The smallest absolute Gasteiger partial charge is 0.204 e. The Kier molecular flexibility index (Phi) is 5.28. The summed E-state index contributed by atoms with van der Waals surface area (Å²) in [6, 6.07) is 8.35. The number of nitrogens with zero attached hydrogens (tertiary/aromatic N) is 6. The molecule has 0 amide bonds. The van der Waals surface area contributed by atoms with Crippen LogP contribution in [0.1, 0.15) is 61.7 Å². The Morgan fingerprint density at radius 3 is 2.56 bits per heavy atom. The highest BCUT2D eigenvalue weighted by Gasteiger charge is 2.36. The molecule has 7 heteroatoms. The second kappa shape index (κ2) is 8.29. The molecule has 0 saturated carbocycles. The normalized spacial score (nSPS) is 17.8. The van der Waals surface area contributed by atoms with E-state index in [1.807, 2.05) is 12.1 Å². The Labute approximate surface area is 212 Å². The van der Waals surface area contributed by atoms with Crippen LogP contribution in [0, 0.1) is 19.3 Å². The van der Waals surface area contributed by atoms with Gasteiger partial charge in [0, 0.05) is 24.2 Å². The van der Waals surface area contributed by atoms with E-state index in [1.165, 1.54) is 48.3 Å². The minimum absolute atomic E-state index is 0.199. The van der Waals surface area contributed by atoms with Crippen molar-refractivity contribution in [3.05, 3.63) is 52.3 Å². The molecule has 1 aromatic heterocycles. The summed E-state index contributed by atoms with van der Waals surface area (Å²) in [6.07, 6.45) is 4.65. The number of hydrogen-bond donors (Lipinski definition) is 0. The van der Waals surface area contributed by atoms with Crippen molar-refractivity contribution in [1.82, 2.24) is 14.9 Å². The summed E-state index contributed by atoms with van der Waals surface area (Å²) in [5.41, 5.74) is 10.2. The number of aromatic nitrogens is 3. The lowest BCUT2D eigenvalue weighted by atomic mass is 9.86. The van der Waals surface area contributed by atoms with Crippen molar-refractivity contribution in [2.45, 2.75) is 60.3 Å². The third-order valence-corrected chi connectivity index (χ3v) is 7.54. The first-order valence-corrected chi connectivity index (χ1v) is 13.0. The Bertz CT molecular complexity index is 1440. The average Bonchev–Trinajstić information content (AvgIpc) is 3.41. The summed E-state index contributed by atoms with van der Waals surface area (Å²) in [5, 5.41) is 9.65. The standard InChI is InChI=1S/C29H34N6O/c1-17-11-12-23(36-6)21(15-17)27-31-28-24(26(29(3,4)5)32-35(28)33-27)30-22-16-19-9-7-13-34-14-8-10-20(18(22)2)25(19)34/h11-12,15-16H,7-10,13-14H2,1-6H3/b30-24-. The molecular formula is C29H34N6O. The van der Waals surface area contributed by atoms with E-state index in [9.17, 15) is 0 Å². The van der Waals surface area contributed by atoms with Crippen LogP contribution in [0.25, 0.3) is 11.4 Å². The average molecular weight is 483 g/mol. The van der Waals surface area contributed by atoms with Crippen molar-refractivity contribution in [3.63, 3.8) is 0 Å². The first kappa shape index (κ1) is 23.0. The molecule has 7 nitrogen and oxygen atoms in total. The Morgan fingerprint density at radius 2 is 1.81 bits per heavy atom. The molecule has 3 aromatic rings. The predicted molar refractivity (Wildman–Crippen MR) is 145 cm³/mol. The lowest BCUT2D eigenvalue weighted by Gasteiger charge is -2.38. The van der Waals surface area contributed by atoms with Gasteiger partial charge in [-0.05, 0) is 74.4 Å². The molecule has 0 spiro atoms. The first-order chi connectivity index (χ1) is 17.2. The van der Waals surface area contributed by atoms with Gasteiger partial charge in [-0.25, -0.2) is 9.98 Å². The van der Waals surface area contributed by atoms with E-state index in [4.69, 9.17) is 24.9 Å². The van der Waals surface area contributed by atoms with E-state index in [0.717, 1.165) is 46.8 Å². The Morgan fingerprint density at radius 1 is 1.03 bits per heavy atom. The van der Waals surface area contributed by atoms with Gasteiger partial charge < -0.3 is 9.64 Å². The number of benzene rings is 2. The molecule has 0 unspecified atom stereocenters. The van der Waals surface area contributed by atoms with Gasteiger partial charge in [0.1, 0.15) is 11.5 Å². The van der Waals surface area contributed by atoms with Crippen LogP contribution in [-0.2, 0) is 12.8 Å². The maximum absolute atomic E-state index is 5.60. The minimum atomic E-state index is -0.199. The van der Waals surface area contributed by atoms with Crippen LogP contribution in [0.4, 0.5) is 11.4 Å². The lowest BCUT2D eigenvalue weighted by molar-refractivity contribution is 0.416. The van der Waals surface area contributed by atoms with Crippen molar-refractivity contribution in [3.8, 4) is 17.1 Å². The van der Waals surface area contributed by atoms with E-state index >= 15 is 0 Å². The highest BCUT2D eigenvalue weighted by molar-refractivity contribution is 6.50. The van der Waals surface area contributed by atoms with Crippen LogP contribution in [0.2, 0.25) is 0 Å². The van der Waals surface area contributed by atoms with Gasteiger partial charge in [-0.1, -0.05) is 32.4 Å². The van der Waals surface area contributed by atoms with Crippen LogP contribution in [0.3, 0.4) is 0 Å². The van der Waals surface area contributed by atoms with Gasteiger partial charge in [0.15, 0.2) is 5.82 Å². The van der Waals surface area contributed by atoms with Gasteiger partial charge in [-0.3, -0.25) is 0 Å². The molecule has 3 aliphatic heterocycles. The summed E-state index contributed by atoms with van der Waals surface area (Å²) < 4.78 is 5.60. The third kappa shape index (κ3) is 3.64. The number of fused-ring (bicyclic) bond motifs is 1. The van der Waals surface area contributed by atoms with Crippen molar-refractivity contribution in [2.24, 2.45) is 15.5 Å². The zero-order valence-corrected chi connectivity index (χ0v) is 22.1. The minimum Gasteiger partial charge on any atom is -0.496 e. The van der Waals surface area contributed by atoms with Crippen molar-refractivity contribution in [2.75, 3.05) is 25.1 Å². The maximum atomic E-state index is 5.60. The largest absolute Gasteiger partial charge is 0.496 e. The quantitative estimate of drug-likeness (QED) is 0.484. The SMILES string of the molecule is COc1ccc(C)cc1-c1nc2n(n1)N=C(C(C)(C)C)/C2=N/c1cc2c3c(c1C)CCCN3CCC2. The Balaban J connectivity index is 1.51. The highest BCUT2D eigenvalue weighted by atomic mass is 16.5. The van der Waals surface area contributed by atoms with E-state index in [1.54, 1.807) is 11.9 Å². The molecule has 0 atom stereocenters. The van der Waals surface area contributed by atoms with E-state index in [0.29, 0.717) is 11.6 Å². The fourth-order valence-electron chi connectivity index (χ4n) is 5.73. The number of aliphatic imine (C=N–C) groups is 1. The summed E-state index contributed by atoms with van der Waals surface area (Å²) in [6.45, 7) is 13.1. The third-order valence-electron chi connectivity index (χ3n) is 7.54. The molecular weight excluding hydrogens is 448 g/mol. The van der Waals surface area contributed by atoms with Gasteiger partial charge >= 0.3 is 0 Å². The fourth-order valence-corrected chi connectivity index (χ4v) is 5.73. The summed E-state index contributed by atoms with van der Waals surface area (Å²) in [7, 11) is 1.67. The van der Waals surface area contributed by atoms with Gasteiger partial charge in [-0.2, -0.15) is 5.10 Å². The number of ether oxygens (including phenoxy) is 1. The topological polar surface area (TPSA) is 67.9 Å². The monoisotopic (exact) mass is 482 g/mol. The van der Waals surface area contributed by atoms with E-state index in [-0.39, 0.29) is 5.41 Å². The molecule has 36 heavy (non-hydrogen) atoms. The summed E-state index contributed by atoms with van der Waals surface area (Å²) in [4.78, 5) is 14.5. The van der Waals surface area contributed by atoms with Crippen LogP contribution in [-0.4, -0.2) is 46.5 Å². The van der Waals surface area contributed by atoms with Crippen LogP contribution >= 0.6 is 0 Å². The van der Waals surface area contributed by atoms with Gasteiger partial charge in [0.25, 0.3) is 0 Å². The van der Waals surface area contributed by atoms with Crippen molar-refractivity contribution < 1.29 is 4.74 Å². The van der Waals surface area contributed by atoms with E-state index in [2.05, 4.69) is 51.7 Å². The van der Waals surface area contributed by atoms with Crippen LogP contribution < -0.4 is 9.64 Å². The lowest BCUT2D eigenvalue weighted by Crippen LogP contribution is -2.34. The van der Waals surface area contributed by atoms with Crippen molar-refractivity contribution >= 4 is 22.8 Å². The second-order valence-corrected chi connectivity index (χ2v) is 11.2.